The second kappa shape index (κ2) is 4.45. The average molecular weight is 208 g/mol. The molecule has 14 heavy (non-hydrogen) atoms. The van der Waals surface area contributed by atoms with E-state index in [2.05, 4.69) is 0 Å². The fraction of sp³-hybridized carbons (Fsp3) is 0. The highest BCUT2D eigenvalue weighted by molar-refractivity contribution is 6.30. The first-order valence-corrected chi connectivity index (χ1v) is 4.12. The zero-order valence-electron chi connectivity index (χ0n) is 7.07. The Labute approximate surface area is 85.9 Å². The number of rotatable bonds is 2. The van der Waals surface area contributed by atoms with Gasteiger partial charge in [0.15, 0.2) is 0 Å². The Bertz CT molecular complexity index is 432. The molecule has 0 bridgehead atoms. The van der Waals surface area contributed by atoms with Gasteiger partial charge in [0.1, 0.15) is 0 Å². The van der Waals surface area contributed by atoms with Gasteiger partial charge in [-0.15, -0.1) is 0 Å². The maximum atomic E-state index is 10.3. The molecule has 0 aliphatic rings. The predicted molar refractivity (Wildman–Crippen MR) is 52.8 cm³/mol. The van der Waals surface area contributed by atoms with Gasteiger partial charge in [0, 0.05) is 11.1 Å². The highest BCUT2D eigenvalue weighted by Crippen LogP contribution is 2.16. The number of halogens is 1. The summed E-state index contributed by atoms with van der Waals surface area (Å²) in [5.74, 6) is -1.06. The monoisotopic (exact) mass is 207 g/mol. The summed E-state index contributed by atoms with van der Waals surface area (Å²) < 4.78 is 0. The van der Waals surface area contributed by atoms with Gasteiger partial charge in [-0.05, 0) is 29.8 Å². The zero-order valence-corrected chi connectivity index (χ0v) is 7.82. The summed E-state index contributed by atoms with van der Waals surface area (Å²) >= 11 is 5.70. The lowest BCUT2D eigenvalue weighted by molar-refractivity contribution is -0.131. The van der Waals surface area contributed by atoms with Crippen LogP contribution in [-0.4, -0.2) is 11.1 Å². The van der Waals surface area contributed by atoms with Gasteiger partial charge in [-0.3, -0.25) is 0 Å². The van der Waals surface area contributed by atoms with Gasteiger partial charge in [-0.1, -0.05) is 11.6 Å². The maximum absolute atomic E-state index is 10.3. The van der Waals surface area contributed by atoms with E-state index in [-0.39, 0.29) is 0 Å². The number of carbonyl (C=O) groups is 1. The zero-order chi connectivity index (χ0) is 10.6. The van der Waals surface area contributed by atoms with Gasteiger partial charge in [-0.25, -0.2) is 4.79 Å². The van der Waals surface area contributed by atoms with Crippen molar-refractivity contribution in [3.8, 4) is 6.07 Å². The Morgan fingerprint density at radius 1 is 1.57 bits per heavy atom. The minimum atomic E-state index is -1.06. The van der Waals surface area contributed by atoms with Crippen molar-refractivity contribution in [3.63, 3.8) is 0 Å². The van der Waals surface area contributed by atoms with Crippen LogP contribution in [0.1, 0.15) is 11.1 Å². The van der Waals surface area contributed by atoms with E-state index in [1.807, 2.05) is 6.07 Å². The van der Waals surface area contributed by atoms with Crippen LogP contribution in [0.25, 0.3) is 6.08 Å². The second-order valence-corrected chi connectivity index (χ2v) is 2.95. The molecule has 0 spiro atoms. The molecule has 0 saturated carbocycles. The molecule has 1 aromatic carbocycles. The van der Waals surface area contributed by atoms with Gasteiger partial charge in [-0.2, -0.15) is 5.26 Å². The van der Waals surface area contributed by atoms with Crippen molar-refractivity contribution in [2.45, 2.75) is 0 Å². The molecular formula is C10H6ClNO2. The van der Waals surface area contributed by atoms with E-state index in [1.165, 1.54) is 6.08 Å². The molecule has 0 atom stereocenters. The Balaban J connectivity index is 3.13. The van der Waals surface area contributed by atoms with Gasteiger partial charge in [0.25, 0.3) is 0 Å². The molecule has 0 radical (unpaired) electrons. The minimum absolute atomic E-state index is 0.395. The van der Waals surface area contributed by atoms with Crippen molar-refractivity contribution in [3.05, 3.63) is 40.4 Å². The molecule has 0 aliphatic heterocycles. The molecule has 1 N–H and O–H groups in total. The van der Waals surface area contributed by atoms with Gasteiger partial charge in [0.2, 0.25) is 0 Å². The Kier molecular flexibility index (Phi) is 3.27. The summed E-state index contributed by atoms with van der Waals surface area (Å²) in [6.07, 6.45) is 2.30. The third kappa shape index (κ3) is 2.61. The number of nitriles is 1. The normalized spacial score (nSPS) is 10.0. The van der Waals surface area contributed by atoms with E-state index in [1.54, 1.807) is 18.2 Å². The minimum Gasteiger partial charge on any atom is -0.478 e. The molecule has 0 aliphatic carbocycles. The lowest BCUT2D eigenvalue weighted by Crippen LogP contribution is -1.87. The Morgan fingerprint density at radius 2 is 2.29 bits per heavy atom. The quantitative estimate of drug-likeness (QED) is 0.757. The average Bonchev–Trinajstić information content (AvgIpc) is 2.15. The first kappa shape index (κ1) is 10.3. The number of carboxylic acid groups (broad SMARTS) is 1. The van der Waals surface area contributed by atoms with Crippen molar-refractivity contribution < 1.29 is 9.90 Å². The van der Waals surface area contributed by atoms with Crippen LogP contribution in [0, 0.1) is 11.3 Å². The SMILES string of the molecule is N#Cc1ccc(Cl)cc1C=CC(=O)O. The molecule has 0 fully saturated rings. The second-order valence-electron chi connectivity index (χ2n) is 2.51. The molecule has 0 amide bonds. The highest BCUT2D eigenvalue weighted by Gasteiger charge is 1.99. The molecule has 0 unspecified atom stereocenters. The summed E-state index contributed by atoms with van der Waals surface area (Å²) in [4.78, 5) is 10.3. The van der Waals surface area contributed by atoms with E-state index in [4.69, 9.17) is 22.0 Å². The molecule has 1 aromatic rings. The van der Waals surface area contributed by atoms with Crippen LogP contribution in [0.4, 0.5) is 0 Å². The van der Waals surface area contributed by atoms with E-state index in [9.17, 15) is 4.79 Å². The summed E-state index contributed by atoms with van der Waals surface area (Å²) in [6, 6.07) is 6.61. The van der Waals surface area contributed by atoms with Gasteiger partial charge < -0.3 is 5.11 Å². The summed E-state index contributed by atoms with van der Waals surface area (Å²) in [5.41, 5.74) is 0.898. The van der Waals surface area contributed by atoms with Crippen LogP contribution in [0.2, 0.25) is 5.02 Å². The van der Waals surface area contributed by atoms with Crippen molar-refractivity contribution in [2.75, 3.05) is 0 Å². The molecular weight excluding hydrogens is 202 g/mol. The van der Waals surface area contributed by atoms with Crippen molar-refractivity contribution in [1.82, 2.24) is 0 Å². The number of hydrogen-bond donors (Lipinski definition) is 1. The first-order chi connectivity index (χ1) is 6.63. The molecule has 1 rings (SSSR count). The fourth-order valence-electron chi connectivity index (χ4n) is 0.934. The highest BCUT2D eigenvalue weighted by atomic mass is 35.5. The van der Waals surface area contributed by atoms with Gasteiger partial charge in [0.05, 0.1) is 11.6 Å². The smallest absolute Gasteiger partial charge is 0.328 e. The van der Waals surface area contributed by atoms with Crippen LogP contribution in [0.3, 0.4) is 0 Å². The van der Waals surface area contributed by atoms with Crippen LogP contribution < -0.4 is 0 Å². The molecule has 0 aromatic heterocycles. The van der Waals surface area contributed by atoms with Crippen molar-refractivity contribution in [1.29, 1.82) is 5.26 Å². The van der Waals surface area contributed by atoms with E-state index in [0.717, 1.165) is 6.08 Å². The number of benzene rings is 1. The molecule has 4 heteroatoms. The van der Waals surface area contributed by atoms with Gasteiger partial charge >= 0.3 is 5.97 Å². The number of nitrogens with zero attached hydrogens (tertiary/aromatic N) is 1. The topological polar surface area (TPSA) is 61.1 Å². The van der Waals surface area contributed by atoms with Crippen LogP contribution >= 0.6 is 11.6 Å². The van der Waals surface area contributed by atoms with E-state index < -0.39 is 5.97 Å². The van der Waals surface area contributed by atoms with Crippen LogP contribution in [-0.2, 0) is 4.79 Å². The number of aliphatic carboxylic acids is 1. The van der Waals surface area contributed by atoms with E-state index >= 15 is 0 Å². The Hall–Kier alpha value is -1.79. The largest absolute Gasteiger partial charge is 0.478 e. The fourth-order valence-corrected chi connectivity index (χ4v) is 1.11. The first-order valence-electron chi connectivity index (χ1n) is 3.74. The third-order valence-corrected chi connectivity index (χ3v) is 1.77. The maximum Gasteiger partial charge on any atom is 0.328 e. The summed E-state index contributed by atoms with van der Waals surface area (Å²) in [6.45, 7) is 0. The molecule has 0 saturated heterocycles. The van der Waals surface area contributed by atoms with Crippen LogP contribution in [0.5, 0.6) is 0 Å². The summed E-state index contributed by atoms with van der Waals surface area (Å²) in [7, 11) is 0. The van der Waals surface area contributed by atoms with E-state index in [0.29, 0.717) is 16.1 Å². The lowest BCUT2D eigenvalue weighted by atomic mass is 10.1. The van der Waals surface area contributed by atoms with Crippen molar-refractivity contribution >= 4 is 23.6 Å². The number of hydrogen-bond acceptors (Lipinski definition) is 2. The van der Waals surface area contributed by atoms with Crippen LogP contribution in [0.15, 0.2) is 24.3 Å². The lowest BCUT2D eigenvalue weighted by Gasteiger charge is -1.97. The van der Waals surface area contributed by atoms with Crippen molar-refractivity contribution in [2.24, 2.45) is 0 Å². The molecule has 70 valence electrons. The third-order valence-electron chi connectivity index (χ3n) is 1.54. The standard InChI is InChI=1S/C10H6ClNO2/c11-9-3-1-8(6-12)7(5-9)2-4-10(13)14/h1-5H,(H,13,14). The summed E-state index contributed by atoms with van der Waals surface area (Å²) in [5, 5.41) is 17.6. The Morgan fingerprint density at radius 3 is 2.86 bits per heavy atom. The molecule has 0 heterocycles. The predicted octanol–water partition coefficient (Wildman–Crippen LogP) is 2.31. The number of carboxylic acids is 1. The molecule has 3 nitrogen and oxygen atoms in total.